The Kier molecular flexibility index (Phi) is 22.0. The van der Waals surface area contributed by atoms with Gasteiger partial charge in [0.1, 0.15) is 36.3 Å². The molecule has 0 bridgehead atoms. The Balaban J connectivity index is 1.04. The van der Waals surface area contributed by atoms with Crippen LogP contribution in [0.15, 0.2) is 66.7 Å². The molecule has 0 aromatic heterocycles. The van der Waals surface area contributed by atoms with Gasteiger partial charge in [0.05, 0.1) is 43.7 Å². The molecule has 4 aliphatic heterocycles. The van der Waals surface area contributed by atoms with Gasteiger partial charge >= 0.3 is 0 Å². The molecule has 0 radical (unpaired) electrons. The first-order valence-corrected chi connectivity index (χ1v) is 30.0. The Morgan fingerprint density at radius 2 is 1.36 bits per heavy atom. The zero-order valence-electron chi connectivity index (χ0n) is 49.3. The van der Waals surface area contributed by atoms with Gasteiger partial charge in [-0.15, -0.1) is 0 Å². The van der Waals surface area contributed by atoms with Crippen molar-refractivity contribution in [1.29, 1.82) is 0 Å². The largest absolute Gasteiger partial charge is 0.504 e. The van der Waals surface area contributed by atoms with Crippen molar-refractivity contribution in [2.45, 2.75) is 157 Å². The van der Waals surface area contributed by atoms with E-state index in [2.05, 4.69) is 55.4 Å². The van der Waals surface area contributed by atoms with Gasteiger partial charge in [0.15, 0.2) is 11.5 Å². The average Bonchev–Trinajstić information content (AvgIpc) is 3.63. The first-order valence-electron chi connectivity index (χ1n) is 30.0. The maximum absolute atomic E-state index is 14.7. The number of rotatable bonds is 14. The zero-order valence-corrected chi connectivity index (χ0v) is 49.3. The van der Waals surface area contributed by atoms with E-state index in [1.165, 1.54) is 64.3 Å². The molecule has 3 aromatic carbocycles. The summed E-state index contributed by atoms with van der Waals surface area (Å²) in [4.78, 5) is 108. The molecule has 3 aromatic rings. The van der Waals surface area contributed by atoms with Gasteiger partial charge in [0.2, 0.25) is 35.4 Å². The summed E-state index contributed by atoms with van der Waals surface area (Å²) in [5.74, 6) is -7.50. The molecule has 14 N–H and O–H groups in total. The minimum atomic E-state index is -2.01. The van der Waals surface area contributed by atoms with Crippen molar-refractivity contribution in [2.24, 2.45) is 17.6 Å². The molecule has 86 heavy (non-hydrogen) atoms. The van der Waals surface area contributed by atoms with Crippen LogP contribution in [0.25, 0.3) is 11.1 Å². The van der Waals surface area contributed by atoms with Gasteiger partial charge in [-0.25, -0.2) is 0 Å². The molecular formula is C61H86N10O15. The predicted octanol–water partition coefficient (Wildman–Crippen LogP) is -1.54. The van der Waals surface area contributed by atoms with E-state index in [0.717, 1.165) is 58.7 Å². The molecule has 25 nitrogen and oxygen atoms in total. The van der Waals surface area contributed by atoms with Crippen LogP contribution < -0.4 is 42.0 Å². The molecule has 5 fully saturated rings. The fourth-order valence-corrected chi connectivity index (χ4v) is 12.6. The Bertz CT molecular complexity index is 2850. The molecule has 25 heteroatoms. The number of aliphatic hydroxyl groups is 6. The minimum Gasteiger partial charge on any atom is -0.504 e. The maximum atomic E-state index is 14.7. The number of amides is 7. The topological polar surface area (TPSA) is 369 Å². The number of nitrogens with one attached hydrogen (secondary N) is 5. The summed E-state index contributed by atoms with van der Waals surface area (Å²) in [6.45, 7) is 7.31. The Morgan fingerprint density at radius 3 is 1.99 bits per heavy atom. The smallest absolute Gasteiger partial charge is 0.251 e. The SMILES string of the molecule is CCC1CCC(N2CCN(c3ccc(-c4ccc(C(=O)N[C@H]5C[C@@H](O)CNC(=O)[C@@H]6[C@@H](O)[C@@H](C)CN6C(=O)[C@H]([C@H](O)CCN)NC(=O)[C@H]([C@H](O)Cc6ccc(O)c(OC)c6)NC(=O)[C@@H]6C[C@@H](O)CN6C(=O)[C@H]([C@@H](C)O)NC5=O)cc4)cc3)CC2)CC1. The number of carbonyl (C=O) groups is 7. The number of phenolic OH excluding ortho intramolecular Hbond substituents is 1. The van der Waals surface area contributed by atoms with Gasteiger partial charge in [-0.2, -0.15) is 0 Å². The van der Waals surface area contributed by atoms with Crippen LogP contribution in [-0.4, -0.2) is 230 Å². The van der Waals surface area contributed by atoms with Crippen LogP contribution >= 0.6 is 0 Å². The average molecular weight is 1200 g/mol. The highest BCUT2D eigenvalue weighted by molar-refractivity contribution is 6.00. The van der Waals surface area contributed by atoms with Gasteiger partial charge in [-0.05, 0) is 105 Å². The van der Waals surface area contributed by atoms with E-state index in [1.807, 2.05) is 12.1 Å². The normalized spacial score (nSPS) is 29.7. The number of β-amino-alcohol motifs (C(OH)–C–C–N with tert-alkyl or cyclic N) is 1. The lowest BCUT2D eigenvalue weighted by atomic mass is 9.84. The molecule has 5 aliphatic rings. The van der Waals surface area contributed by atoms with Crippen molar-refractivity contribution >= 4 is 47.0 Å². The number of carbonyl (C=O) groups excluding carboxylic acids is 7. The molecule has 4 saturated heterocycles. The van der Waals surface area contributed by atoms with Gasteiger partial charge in [0.25, 0.3) is 5.91 Å². The zero-order chi connectivity index (χ0) is 62.1. The molecule has 4 heterocycles. The fourth-order valence-electron chi connectivity index (χ4n) is 12.6. The second kappa shape index (κ2) is 29.1. The third-order valence-electron chi connectivity index (χ3n) is 17.8. The first kappa shape index (κ1) is 65.0. The maximum Gasteiger partial charge on any atom is 0.251 e. The highest BCUT2D eigenvalue weighted by atomic mass is 16.5. The van der Waals surface area contributed by atoms with E-state index < -0.39 is 152 Å². The number of aromatic hydroxyl groups is 1. The number of phenols is 1. The number of benzene rings is 3. The lowest BCUT2D eigenvalue weighted by Gasteiger charge is -2.42. The van der Waals surface area contributed by atoms with Crippen LogP contribution in [0.2, 0.25) is 0 Å². The summed E-state index contributed by atoms with van der Waals surface area (Å²) in [6, 6.07) is 8.71. The summed E-state index contributed by atoms with van der Waals surface area (Å²) in [6.07, 6.45) is -5.17. The van der Waals surface area contributed by atoms with Gasteiger partial charge < -0.3 is 87.5 Å². The van der Waals surface area contributed by atoms with E-state index in [4.69, 9.17) is 10.5 Å². The summed E-state index contributed by atoms with van der Waals surface area (Å²) in [5.41, 5.74) is 9.00. The Hall–Kier alpha value is -6.97. The van der Waals surface area contributed by atoms with Crippen LogP contribution in [0.3, 0.4) is 0 Å². The third-order valence-corrected chi connectivity index (χ3v) is 17.8. The van der Waals surface area contributed by atoms with Crippen molar-refractivity contribution in [3.05, 3.63) is 77.9 Å². The van der Waals surface area contributed by atoms with E-state index in [9.17, 15) is 69.3 Å². The number of fused-ring (bicyclic) bond motifs is 2. The monoisotopic (exact) mass is 1200 g/mol. The van der Waals surface area contributed by atoms with E-state index in [-0.39, 0.29) is 42.1 Å². The van der Waals surface area contributed by atoms with Gasteiger partial charge in [-0.3, -0.25) is 38.5 Å². The van der Waals surface area contributed by atoms with E-state index in [1.54, 1.807) is 31.2 Å². The molecule has 1 aliphatic carbocycles. The third kappa shape index (κ3) is 15.4. The van der Waals surface area contributed by atoms with Crippen LogP contribution in [0, 0.1) is 11.8 Å². The molecule has 7 amide bonds. The standard InChI is InChI=1S/C61H86N10O15/c1-5-35-6-15-40(16-7-35)68-22-24-69(25-23-68)41-17-13-38(14-18-41)37-9-11-39(12-10-37)55(79)64-44-28-42(73)30-63-59(83)53-54(78)33(2)31-71(53)61(85)52(47(76)20-21-62)67-58(82)51(48(77)26-36-8-19-46(75)49(27-36)86-4)66-57(81)45-29-43(74)32-70(45)60(84)50(34(3)72)65-56(44)80/h8-14,17-19,27,33-35,40,42-45,47-48,50-54,72-78H,5-7,15-16,20-26,28-32,62H2,1-4H3,(H,63,83)(H,64,79)(H,65,80)(H,66,81)(H,67,82)/t33-,34+,35?,40?,42+,43+,44-,45-,47+,48+,50-,51-,52-,53-,54-/m0/s1. The van der Waals surface area contributed by atoms with Crippen molar-refractivity contribution in [2.75, 3.05) is 64.4 Å². The van der Waals surface area contributed by atoms with Crippen LogP contribution in [0.5, 0.6) is 11.5 Å². The highest BCUT2D eigenvalue weighted by Gasteiger charge is 2.50. The summed E-state index contributed by atoms with van der Waals surface area (Å²) in [5, 5.41) is 91.0. The van der Waals surface area contributed by atoms with Crippen molar-refractivity contribution < 1.29 is 74.0 Å². The lowest BCUT2D eigenvalue weighted by Crippen LogP contribution is -2.64. The molecule has 0 spiro atoms. The lowest BCUT2D eigenvalue weighted by molar-refractivity contribution is -0.147. The number of methoxy groups -OCH3 is 1. The number of hydrogen-bond acceptors (Lipinski definition) is 18. The van der Waals surface area contributed by atoms with Gasteiger partial charge in [-0.1, -0.05) is 50.6 Å². The minimum absolute atomic E-state index is 0.00376. The van der Waals surface area contributed by atoms with Crippen molar-refractivity contribution in [3.8, 4) is 22.6 Å². The molecule has 13 atom stereocenters. The highest BCUT2D eigenvalue weighted by Crippen LogP contribution is 2.33. The number of anilines is 1. The number of aliphatic hydroxyl groups excluding tert-OH is 6. The molecular weight excluding hydrogens is 1110 g/mol. The number of piperazine rings is 1. The fraction of sp³-hybridized carbons (Fsp3) is 0.590. The van der Waals surface area contributed by atoms with Gasteiger partial charge in [0, 0.05) is 88.3 Å². The number of ether oxygens (including phenoxy) is 1. The Morgan fingerprint density at radius 1 is 0.733 bits per heavy atom. The summed E-state index contributed by atoms with van der Waals surface area (Å²) in [7, 11) is 1.28. The number of nitrogens with two attached hydrogens (primary N) is 1. The molecule has 470 valence electrons. The van der Waals surface area contributed by atoms with Crippen LogP contribution in [0.1, 0.15) is 88.1 Å². The van der Waals surface area contributed by atoms with Crippen LogP contribution in [0.4, 0.5) is 5.69 Å². The van der Waals surface area contributed by atoms with Crippen molar-refractivity contribution in [3.63, 3.8) is 0 Å². The number of hydrogen-bond donors (Lipinski definition) is 13. The number of nitrogens with zero attached hydrogens (tertiary/aromatic N) is 4. The van der Waals surface area contributed by atoms with E-state index in [0.29, 0.717) is 6.04 Å². The Labute approximate surface area is 500 Å². The van der Waals surface area contributed by atoms with Crippen molar-refractivity contribution in [1.82, 2.24) is 41.3 Å². The van der Waals surface area contributed by atoms with E-state index >= 15 is 0 Å². The summed E-state index contributed by atoms with van der Waals surface area (Å²) >= 11 is 0. The second-order valence-corrected chi connectivity index (χ2v) is 23.8. The summed E-state index contributed by atoms with van der Waals surface area (Å²) < 4.78 is 5.20. The molecule has 0 unspecified atom stereocenters. The second-order valence-electron chi connectivity index (χ2n) is 23.8. The molecule has 8 rings (SSSR count). The molecule has 1 saturated carbocycles. The van der Waals surface area contributed by atoms with Crippen LogP contribution in [-0.2, 0) is 35.2 Å². The first-order chi connectivity index (χ1) is 41.1. The predicted molar refractivity (Wildman–Crippen MR) is 315 cm³/mol. The quantitative estimate of drug-likeness (QED) is 0.0870.